The van der Waals surface area contributed by atoms with Gasteiger partial charge in [-0.25, -0.2) is 15.0 Å². The Kier molecular flexibility index (Phi) is 6.64. The first-order chi connectivity index (χ1) is 22.3. The standard InChI is InChI=1S/C39H32BN3O3/c1-38(2)39(3,4)46-40(45-38)32-24-28(25-15-8-5-9-16-25)23-31-29-21-14-22-30(33(29)44-34(31)32)37-42-35(26-17-10-6-11-18-26)41-36(43-37)27-19-12-7-13-20-27/h5-24H,1-4H3. The molecule has 6 nitrogen and oxygen atoms in total. The van der Waals surface area contributed by atoms with Gasteiger partial charge in [-0.2, -0.15) is 0 Å². The zero-order valence-corrected chi connectivity index (χ0v) is 26.2. The summed E-state index contributed by atoms with van der Waals surface area (Å²) in [6.07, 6.45) is 0. The zero-order valence-electron chi connectivity index (χ0n) is 26.2. The minimum absolute atomic E-state index is 0.503. The number of fused-ring (bicyclic) bond motifs is 3. The molecule has 5 aromatic carbocycles. The van der Waals surface area contributed by atoms with Crippen LogP contribution in [0.15, 0.2) is 126 Å². The summed E-state index contributed by atoms with van der Waals surface area (Å²) in [4.78, 5) is 14.9. The van der Waals surface area contributed by atoms with Crippen LogP contribution in [-0.2, 0) is 9.31 Å². The Morgan fingerprint density at radius 1 is 0.478 bits per heavy atom. The molecular weight excluding hydrogens is 569 g/mol. The smallest absolute Gasteiger partial charge is 0.456 e. The zero-order chi connectivity index (χ0) is 31.5. The van der Waals surface area contributed by atoms with Crippen LogP contribution >= 0.6 is 0 Å². The first-order valence-electron chi connectivity index (χ1n) is 15.5. The van der Waals surface area contributed by atoms with E-state index in [0.29, 0.717) is 23.1 Å². The summed E-state index contributed by atoms with van der Waals surface area (Å²) >= 11 is 0. The molecule has 1 fully saturated rings. The molecule has 1 saturated heterocycles. The molecule has 0 atom stereocenters. The van der Waals surface area contributed by atoms with Gasteiger partial charge in [-0.15, -0.1) is 0 Å². The fourth-order valence-corrected chi connectivity index (χ4v) is 5.97. The average molecular weight is 602 g/mol. The second-order valence-electron chi connectivity index (χ2n) is 12.7. The molecule has 0 unspecified atom stereocenters. The average Bonchev–Trinajstić information content (AvgIpc) is 3.57. The summed E-state index contributed by atoms with van der Waals surface area (Å²) in [5.74, 6) is 1.74. The predicted molar refractivity (Wildman–Crippen MR) is 185 cm³/mol. The van der Waals surface area contributed by atoms with E-state index in [4.69, 9.17) is 28.7 Å². The summed E-state index contributed by atoms with van der Waals surface area (Å²) in [5.41, 5.74) is 6.04. The molecule has 3 heterocycles. The fourth-order valence-electron chi connectivity index (χ4n) is 5.97. The highest BCUT2D eigenvalue weighted by Crippen LogP contribution is 2.40. The quantitative estimate of drug-likeness (QED) is 0.184. The molecule has 0 amide bonds. The van der Waals surface area contributed by atoms with Crippen molar-refractivity contribution in [2.24, 2.45) is 0 Å². The van der Waals surface area contributed by atoms with Crippen LogP contribution in [0.3, 0.4) is 0 Å². The minimum Gasteiger partial charge on any atom is -0.456 e. The molecule has 0 N–H and O–H groups in total. The van der Waals surface area contributed by atoms with E-state index >= 15 is 0 Å². The highest BCUT2D eigenvalue weighted by molar-refractivity contribution is 6.65. The Morgan fingerprint density at radius 3 is 1.57 bits per heavy atom. The number of nitrogens with zero attached hydrogens (tertiary/aromatic N) is 3. The molecule has 1 aliphatic rings. The van der Waals surface area contributed by atoms with Gasteiger partial charge in [-0.05, 0) is 51.0 Å². The van der Waals surface area contributed by atoms with E-state index in [2.05, 4.69) is 70.2 Å². The molecule has 7 aromatic rings. The molecule has 0 saturated carbocycles. The third-order valence-corrected chi connectivity index (χ3v) is 9.18. The van der Waals surface area contributed by atoms with Crippen molar-refractivity contribution >= 4 is 34.5 Å². The van der Waals surface area contributed by atoms with Crippen LogP contribution in [-0.4, -0.2) is 33.3 Å². The Labute approximate surface area is 268 Å². The first kappa shape index (κ1) is 28.4. The maximum absolute atomic E-state index is 6.84. The molecule has 0 bridgehead atoms. The number of hydrogen-bond acceptors (Lipinski definition) is 6. The lowest BCUT2D eigenvalue weighted by atomic mass is 9.76. The van der Waals surface area contributed by atoms with Gasteiger partial charge in [-0.3, -0.25) is 0 Å². The van der Waals surface area contributed by atoms with Crippen LogP contribution in [0.1, 0.15) is 27.7 Å². The second kappa shape index (κ2) is 10.8. The second-order valence-corrected chi connectivity index (χ2v) is 12.7. The fraction of sp³-hybridized carbons (Fsp3) is 0.154. The van der Waals surface area contributed by atoms with Crippen molar-refractivity contribution in [3.8, 4) is 45.3 Å². The van der Waals surface area contributed by atoms with Crippen molar-refractivity contribution in [2.45, 2.75) is 38.9 Å². The summed E-state index contributed by atoms with van der Waals surface area (Å²) in [6, 6.07) is 40.8. The van der Waals surface area contributed by atoms with Crippen LogP contribution in [0.2, 0.25) is 0 Å². The summed E-state index contributed by atoms with van der Waals surface area (Å²) in [6.45, 7) is 8.27. The van der Waals surface area contributed by atoms with Crippen molar-refractivity contribution in [1.29, 1.82) is 0 Å². The third kappa shape index (κ3) is 4.80. The molecule has 46 heavy (non-hydrogen) atoms. The maximum Gasteiger partial charge on any atom is 0.498 e. The van der Waals surface area contributed by atoms with Gasteiger partial charge in [0.1, 0.15) is 11.2 Å². The van der Waals surface area contributed by atoms with Crippen molar-refractivity contribution < 1.29 is 13.7 Å². The number of aromatic nitrogens is 3. The largest absolute Gasteiger partial charge is 0.498 e. The summed E-state index contributed by atoms with van der Waals surface area (Å²) in [5, 5.41) is 1.94. The highest BCUT2D eigenvalue weighted by Gasteiger charge is 2.52. The van der Waals surface area contributed by atoms with Crippen LogP contribution in [0.25, 0.3) is 67.2 Å². The van der Waals surface area contributed by atoms with Crippen molar-refractivity contribution in [1.82, 2.24) is 15.0 Å². The van der Waals surface area contributed by atoms with Gasteiger partial charge in [0.05, 0.1) is 16.8 Å². The van der Waals surface area contributed by atoms with E-state index in [9.17, 15) is 0 Å². The van der Waals surface area contributed by atoms with Crippen molar-refractivity contribution in [3.63, 3.8) is 0 Å². The molecule has 7 heteroatoms. The first-order valence-corrected chi connectivity index (χ1v) is 15.5. The van der Waals surface area contributed by atoms with Gasteiger partial charge < -0.3 is 13.7 Å². The molecular formula is C39H32BN3O3. The van der Waals surface area contributed by atoms with Gasteiger partial charge in [0.25, 0.3) is 0 Å². The monoisotopic (exact) mass is 601 g/mol. The third-order valence-electron chi connectivity index (χ3n) is 9.18. The van der Waals surface area contributed by atoms with Crippen LogP contribution in [0, 0.1) is 0 Å². The number of furan rings is 1. The molecule has 2 aromatic heterocycles. The van der Waals surface area contributed by atoms with Gasteiger partial charge in [0, 0.05) is 27.4 Å². The Morgan fingerprint density at radius 2 is 1.00 bits per heavy atom. The number of rotatable bonds is 5. The van der Waals surface area contributed by atoms with Crippen LogP contribution in [0.5, 0.6) is 0 Å². The topological polar surface area (TPSA) is 70.3 Å². The van der Waals surface area contributed by atoms with E-state index in [1.165, 1.54) is 0 Å². The van der Waals surface area contributed by atoms with E-state index in [0.717, 1.165) is 49.6 Å². The number of benzene rings is 5. The Hall–Kier alpha value is -5.11. The van der Waals surface area contributed by atoms with Crippen LogP contribution in [0.4, 0.5) is 0 Å². The van der Waals surface area contributed by atoms with E-state index in [1.54, 1.807) is 0 Å². The summed E-state index contributed by atoms with van der Waals surface area (Å²) in [7, 11) is -0.605. The van der Waals surface area contributed by atoms with Gasteiger partial charge in [-0.1, -0.05) is 109 Å². The lowest BCUT2D eigenvalue weighted by Crippen LogP contribution is -2.41. The number of hydrogen-bond donors (Lipinski definition) is 0. The van der Waals surface area contributed by atoms with Gasteiger partial charge >= 0.3 is 7.12 Å². The van der Waals surface area contributed by atoms with E-state index in [-0.39, 0.29) is 0 Å². The minimum atomic E-state index is -0.605. The predicted octanol–water partition coefficient (Wildman–Crippen LogP) is 8.74. The SMILES string of the molecule is CC1(C)OB(c2cc(-c3ccccc3)cc3c2oc2c(-c4nc(-c5ccccc5)nc(-c5ccccc5)n4)cccc23)OC1(C)C. The van der Waals surface area contributed by atoms with E-state index < -0.39 is 18.3 Å². The molecule has 1 aliphatic heterocycles. The van der Waals surface area contributed by atoms with Crippen LogP contribution < -0.4 is 5.46 Å². The van der Waals surface area contributed by atoms with Gasteiger partial charge in [0.2, 0.25) is 0 Å². The normalized spacial score (nSPS) is 15.5. The van der Waals surface area contributed by atoms with Crippen molar-refractivity contribution in [3.05, 3.63) is 121 Å². The molecule has 224 valence electrons. The molecule has 0 aliphatic carbocycles. The Balaban J connectivity index is 1.37. The van der Waals surface area contributed by atoms with Crippen molar-refractivity contribution in [2.75, 3.05) is 0 Å². The lowest BCUT2D eigenvalue weighted by molar-refractivity contribution is 0.00578. The van der Waals surface area contributed by atoms with Gasteiger partial charge in [0.15, 0.2) is 17.5 Å². The van der Waals surface area contributed by atoms with E-state index in [1.807, 2.05) is 78.9 Å². The molecule has 8 rings (SSSR count). The lowest BCUT2D eigenvalue weighted by Gasteiger charge is -2.32. The molecule has 0 spiro atoms. The highest BCUT2D eigenvalue weighted by atomic mass is 16.7. The molecule has 0 radical (unpaired) electrons. The Bertz CT molecular complexity index is 2140. The maximum atomic E-state index is 6.84. The summed E-state index contributed by atoms with van der Waals surface area (Å²) < 4.78 is 20.0. The number of para-hydroxylation sites is 1.